The number of allylic oxidation sites excluding steroid dienone is 1. The first kappa shape index (κ1) is 23.8. The summed E-state index contributed by atoms with van der Waals surface area (Å²) in [6.07, 6.45) is 1.64. The zero-order chi connectivity index (χ0) is 24.4. The van der Waals surface area contributed by atoms with E-state index in [1.165, 1.54) is 21.3 Å². The fourth-order valence-corrected chi connectivity index (χ4v) is 4.19. The van der Waals surface area contributed by atoms with Crippen LogP contribution in [-0.2, 0) is 6.61 Å². The minimum Gasteiger partial charge on any atom is -0.493 e. The molecule has 0 bridgehead atoms. The first-order valence-electron chi connectivity index (χ1n) is 10.3. The molecular formula is C26H22Cl2O6. The third kappa shape index (κ3) is 4.39. The van der Waals surface area contributed by atoms with E-state index in [0.29, 0.717) is 61.0 Å². The largest absolute Gasteiger partial charge is 0.493 e. The van der Waals surface area contributed by atoms with Crippen LogP contribution in [0.2, 0.25) is 10.0 Å². The molecule has 0 aliphatic carbocycles. The van der Waals surface area contributed by atoms with Gasteiger partial charge in [0.25, 0.3) is 0 Å². The predicted molar refractivity (Wildman–Crippen MR) is 131 cm³/mol. The van der Waals surface area contributed by atoms with Crippen molar-refractivity contribution in [3.05, 3.63) is 80.5 Å². The van der Waals surface area contributed by atoms with E-state index in [2.05, 4.69) is 0 Å². The number of carbonyl (C=O) groups excluding carboxylic acids is 1. The molecule has 0 aromatic heterocycles. The molecule has 0 fully saturated rings. The van der Waals surface area contributed by atoms with Gasteiger partial charge in [0.15, 0.2) is 17.3 Å². The van der Waals surface area contributed by atoms with Gasteiger partial charge in [-0.05, 0) is 55.0 Å². The van der Waals surface area contributed by atoms with Crippen LogP contribution in [0.5, 0.6) is 28.7 Å². The average molecular weight is 501 g/mol. The van der Waals surface area contributed by atoms with Gasteiger partial charge in [0.1, 0.15) is 18.1 Å². The number of ketones is 1. The second-order valence-corrected chi connectivity index (χ2v) is 8.27. The Kier molecular flexibility index (Phi) is 6.91. The predicted octanol–water partition coefficient (Wildman–Crippen LogP) is 6.52. The minimum atomic E-state index is -0.229. The van der Waals surface area contributed by atoms with Crippen molar-refractivity contribution in [3.8, 4) is 28.7 Å². The smallest absolute Gasteiger partial charge is 0.231 e. The maximum atomic E-state index is 13.0. The molecule has 0 atom stereocenters. The Bertz CT molecular complexity index is 1250. The highest BCUT2D eigenvalue weighted by Crippen LogP contribution is 2.42. The normalized spacial score (nSPS) is 13.5. The molecule has 176 valence electrons. The van der Waals surface area contributed by atoms with Crippen LogP contribution >= 0.6 is 23.2 Å². The number of rotatable bonds is 7. The molecule has 0 saturated carbocycles. The highest BCUT2D eigenvalue weighted by Gasteiger charge is 2.30. The lowest BCUT2D eigenvalue weighted by molar-refractivity contribution is 0.101. The number of halogens is 2. The molecule has 3 aromatic carbocycles. The summed E-state index contributed by atoms with van der Waals surface area (Å²) in [6, 6.07) is 12.2. The van der Waals surface area contributed by atoms with Gasteiger partial charge >= 0.3 is 0 Å². The molecule has 1 aliphatic heterocycles. The van der Waals surface area contributed by atoms with Crippen LogP contribution in [0.3, 0.4) is 0 Å². The molecule has 0 radical (unpaired) electrons. The Morgan fingerprint density at radius 1 is 0.912 bits per heavy atom. The number of methoxy groups -OCH3 is 3. The molecule has 4 rings (SSSR count). The summed E-state index contributed by atoms with van der Waals surface area (Å²) < 4.78 is 28.1. The van der Waals surface area contributed by atoms with Crippen LogP contribution in [0.1, 0.15) is 27.0 Å². The van der Waals surface area contributed by atoms with Crippen molar-refractivity contribution in [3.63, 3.8) is 0 Å². The second-order valence-electron chi connectivity index (χ2n) is 7.45. The number of Topliss-reactive ketones (excluding diaryl/α,β-unsaturated/α-hetero) is 1. The van der Waals surface area contributed by atoms with Crippen LogP contribution in [0.15, 0.2) is 48.2 Å². The van der Waals surface area contributed by atoms with Crippen LogP contribution in [0, 0.1) is 6.92 Å². The van der Waals surface area contributed by atoms with E-state index in [9.17, 15) is 4.79 Å². The Morgan fingerprint density at radius 3 is 2.15 bits per heavy atom. The Morgan fingerprint density at radius 2 is 1.56 bits per heavy atom. The van der Waals surface area contributed by atoms with Gasteiger partial charge in [-0.3, -0.25) is 4.79 Å². The fourth-order valence-electron chi connectivity index (χ4n) is 3.68. The molecule has 0 spiro atoms. The first-order valence-corrected chi connectivity index (χ1v) is 11.1. The Hall–Kier alpha value is -3.35. The Balaban J connectivity index is 1.62. The minimum absolute atomic E-state index is 0.179. The zero-order valence-electron chi connectivity index (χ0n) is 19.0. The zero-order valence-corrected chi connectivity index (χ0v) is 20.5. The quantitative estimate of drug-likeness (QED) is 0.344. The number of ether oxygens (including phenoxy) is 5. The first-order chi connectivity index (χ1) is 16.4. The van der Waals surface area contributed by atoms with E-state index >= 15 is 0 Å². The molecular weight excluding hydrogens is 479 g/mol. The second kappa shape index (κ2) is 9.87. The molecule has 34 heavy (non-hydrogen) atoms. The molecule has 1 heterocycles. The number of benzene rings is 3. The topological polar surface area (TPSA) is 63.2 Å². The van der Waals surface area contributed by atoms with Crippen molar-refractivity contribution in [2.24, 2.45) is 0 Å². The van der Waals surface area contributed by atoms with E-state index in [-0.39, 0.29) is 18.1 Å². The molecule has 0 amide bonds. The molecule has 8 heteroatoms. The molecule has 0 N–H and O–H groups in total. The highest BCUT2D eigenvalue weighted by molar-refractivity contribution is 6.35. The summed E-state index contributed by atoms with van der Waals surface area (Å²) in [4.78, 5) is 13.0. The van der Waals surface area contributed by atoms with E-state index in [1.54, 1.807) is 48.5 Å². The van der Waals surface area contributed by atoms with E-state index in [0.717, 1.165) is 0 Å². The molecule has 0 saturated heterocycles. The van der Waals surface area contributed by atoms with E-state index in [4.69, 9.17) is 46.9 Å². The number of carbonyl (C=O) groups is 1. The summed E-state index contributed by atoms with van der Waals surface area (Å²) in [5.41, 5.74) is 2.50. The summed E-state index contributed by atoms with van der Waals surface area (Å²) in [6.45, 7) is 2.01. The fraction of sp³-hybridized carbons (Fsp3) is 0.192. The average Bonchev–Trinajstić information content (AvgIpc) is 3.15. The van der Waals surface area contributed by atoms with Gasteiger partial charge in [0, 0.05) is 21.2 Å². The highest BCUT2D eigenvalue weighted by atomic mass is 35.5. The van der Waals surface area contributed by atoms with Gasteiger partial charge in [0.2, 0.25) is 11.5 Å². The van der Waals surface area contributed by atoms with Gasteiger partial charge in [-0.25, -0.2) is 0 Å². The maximum Gasteiger partial charge on any atom is 0.231 e. The van der Waals surface area contributed by atoms with Gasteiger partial charge in [0.05, 0.1) is 26.9 Å². The van der Waals surface area contributed by atoms with Gasteiger partial charge in [-0.15, -0.1) is 0 Å². The lowest BCUT2D eigenvalue weighted by atomic mass is 10.1. The standard InChI is InChI=1S/C26H22Cl2O6/c1-14-20(33-13-17-18(27)6-5-7-19(17)28)9-8-16-24(29)21(34-25(14)16)10-15-11-22(30-2)26(32-4)23(12-15)31-3/h5-12H,13H2,1-4H3/b21-10-. The van der Waals surface area contributed by atoms with Crippen molar-refractivity contribution in [2.75, 3.05) is 21.3 Å². The van der Waals surface area contributed by atoms with Crippen LogP contribution in [0.25, 0.3) is 6.08 Å². The van der Waals surface area contributed by atoms with Crippen molar-refractivity contribution in [1.29, 1.82) is 0 Å². The lowest BCUT2D eigenvalue weighted by Gasteiger charge is -2.13. The van der Waals surface area contributed by atoms with Gasteiger partial charge in [-0.1, -0.05) is 29.3 Å². The molecule has 1 aliphatic rings. The summed E-state index contributed by atoms with van der Waals surface area (Å²) in [7, 11) is 4.59. The SMILES string of the molecule is COc1cc(/C=C2\Oc3c(ccc(OCc4c(Cl)cccc4Cl)c3C)C2=O)cc(OC)c1OC. The van der Waals surface area contributed by atoms with E-state index < -0.39 is 0 Å². The summed E-state index contributed by atoms with van der Waals surface area (Å²) in [5.74, 6) is 2.38. The molecule has 3 aromatic rings. The number of hydrogen-bond donors (Lipinski definition) is 0. The van der Waals surface area contributed by atoms with E-state index in [1.807, 2.05) is 6.92 Å². The summed E-state index contributed by atoms with van der Waals surface area (Å²) >= 11 is 12.5. The van der Waals surface area contributed by atoms with Crippen molar-refractivity contribution >= 4 is 35.1 Å². The van der Waals surface area contributed by atoms with Crippen molar-refractivity contribution in [1.82, 2.24) is 0 Å². The Labute approximate surface area is 207 Å². The van der Waals surface area contributed by atoms with Gasteiger partial charge < -0.3 is 23.7 Å². The van der Waals surface area contributed by atoms with Crippen LogP contribution < -0.4 is 23.7 Å². The third-order valence-corrected chi connectivity index (χ3v) is 6.16. The maximum absolute atomic E-state index is 13.0. The van der Waals surface area contributed by atoms with Crippen molar-refractivity contribution in [2.45, 2.75) is 13.5 Å². The van der Waals surface area contributed by atoms with Crippen LogP contribution in [-0.4, -0.2) is 27.1 Å². The molecule has 6 nitrogen and oxygen atoms in total. The number of hydrogen-bond acceptors (Lipinski definition) is 6. The lowest BCUT2D eigenvalue weighted by Crippen LogP contribution is -2.00. The van der Waals surface area contributed by atoms with Crippen molar-refractivity contribution < 1.29 is 28.5 Å². The number of fused-ring (bicyclic) bond motifs is 1. The van der Waals surface area contributed by atoms with Gasteiger partial charge in [-0.2, -0.15) is 0 Å². The summed E-state index contributed by atoms with van der Waals surface area (Å²) in [5, 5.41) is 1.04. The third-order valence-electron chi connectivity index (χ3n) is 5.46. The van der Waals surface area contributed by atoms with Crippen LogP contribution in [0.4, 0.5) is 0 Å². The monoisotopic (exact) mass is 500 g/mol. The molecule has 0 unspecified atom stereocenters.